The van der Waals surface area contributed by atoms with Gasteiger partial charge in [0, 0.05) is 19.0 Å². The number of aromatic nitrogens is 2. The van der Waals surface area contributed by atoms with Crippen molar-refractivity contribution < 1.29 is 28.0 Å². The van der Waals surface area contributed by atoms with Gasteiger partial charge in [-0.25, -0.2) is 4.63 Å². The Morgan fingerprint density at radius 3 is 2.54 bits per heavy atom. The average molecular weight is 393 g/mol. The number of benzene rings is 2. The van der Waals surface area contributed by atoms with Gasteiger partial charge in [-0.1, -0.05) is 18.2 Å². The zero-order valence-corrected chi connectivity index (χ0v) is 14.9. The van der Waals surface area contributed by atoms with Crippen molar-refractivity contribution in [2.45, 2.75) is 25.3 Å². The molecule has 2 atom stereocenters. The number of alkyl halides is 3. The molecule has 0 amide bonds. The fraction of sp³-hybridized carbons (Fsp3) is 0.368. The van der Waals surface area contributed by atoms with Crippen LogP contribution in [-0.2, 0) is 0 Å². The van der Waals surface area contributed by atoms with E-state index in [1.165, 1.54) is 18.2 Å². The summed E-state index contributed by atoms with van der Waals surface area (Å²) in [5.74, 6) is 0.142. The van der Waals surface area contributed by atoms with Crippen molar-refractivity contribution in [3.8, 4) is 11.1 Å². The van der Waals surface area contributed by atoms with Gasteiger partial charge in [0.2, 0.25) is 0 Å². The largest absolute Gasteiger partial charge is 0.418 e. The van der Waals surface area contributed by atoms with Gasteiger partial charge in [0.1, 0.15) is 5.52 Å². The first-order valence-electron chi connectivity index (χ1n) is 8.78. The van der Waals surface area contributed by atoms with E-state index in [1.54, 1.807) is 19.1 Å². The Morgan fingerprint density at radius 1 is 1.11 bits per heavy atom. The fourth-order valence-electron chi connectivity index (χ4n) is 3.37. The number of hydrogen-bond donors (Lipinski definition) is 2. The number of rotatable bonds is 4. The predicted molar refractivity (Wildman–Crippen MR) is 95.6 cm³/mol. The standard InChI is InChI=1S/C19H18F3N3O3/c1-10(26)14-8-25(9-14)16-7-13(6-15-17(16)24-28-23-15)11-3-2-4-12(5-11)18(27)19(20,21)22/h2-7,10,14,18,26-27H,8-9H2,1H3. The second-order valence-corrected chi connectivity index (χ2v) is 7.10. The second kappa shape index (κ2) is 6.75. The average Bonchev–Trinajstić information content (AvgIpc) is 3.07. The highest BCUT2D eigenvalue weighted by Crippen LogP contribution is 2.38. The zero-order chi connectivity index (χ0) is 20.1. The van der Waals surface area contributed by atoms with Crippen LogP contribution in [0.4, 0.5) is 18.9 Å². The van der Waals surface area contributed by atoms with Crippen LogP contribution in [0.15, 0.2) is 41.0 Å². The molecule has 6 nitrogen and oxygen atoms in total. The van der Waals surface area contributed by atoms with E-state index in [0.29, 0.717) is 35.2 Å². The summed E-state index contributed by atoms with van der Waals surface area (Å²) < 4.78 is 43.4. The van der Waals surface area contributed by atoms with Gasteiger partial charge >= 0.3 is 6.18 Å². The number of aliphatic hydroxyl groups excluding tert-OH is 2. The number of fused-ring (bicyclic) bond motifs is 1. The third-order valence-corrected chi connectivity index (χ3v) is 5.12. The van der Waals surface area contributed by atoms with E-state index in [2.05, 4.69) is 10.3 Å². The monoisotopic (exact) mass is 393 g/mol. The first-order chi connectivity index (χ1) is 13.2. The summed E-state index contributed by atoms with van der Waals surface area (Å²) in [4.78, 5) is 2.02. The van der Waals surface area contributed by atoms with Crippen LogP contribution in [0.5, 0.6) is 0 Å². The molecule has 1 saturated heterocycles. The molecular weight excluding hydrogens is 375 g/mol. The van der Waals surface area contributed by atoms with E-state index >= 15 is 0 Å². The van der Waals surface area contributed by atoms with Crippen LogP contribution in [-0.4, -0.2) is 45.9 Å². The molecular formula is C19H18F3N3O3. The summed E-state index contributed by atoms with van der Waals surface area (Å²) in [6, 6.07) is 9.17. The zero-order valence-electron chi connectivity index (χ0n) is 14.9. The minimum atomic E-state index is -4.74. The third kappa shape index (κ3) is 3.31. The quantitative estimate of drug-likeness (QED) is 0.708. The van der Waals surface area contributed by atoms with Crippen LogP contribution in [0.25, 0.3) is 22.2 Å². The fourth-order valence-corrected chi connectivity index (χ4v) is 3.37. The van der Waals surface area contributed by atoms with Gasteiger partial charge in [-0.05, 0) is 52.1 Å². The number of aliphatic hydroxyl groups is 2. The normalized spacial score (nSPS) is 17.6. The lowest BCUT2D eigenvalue weighted by Crippen LogP contribution is -2.51. The summed E-state index contributed by atoms with van der Waals surface area (Å²) in [5.41, 5.74) is 2.69. The van der Waals surface area contributed by atoms with E-state index in [0.717, 1.165) is 5.69 Å². The smallest absolute Gasteiger partial charge is 0.393 e. The first-order valence-corrected chi connectivity index (χ1v) is 8.78. The lowest BCUT2D eigenvalue weighted by molar-refractivity contribution is -0.206. The van der Waals surface area contributed by atoms with E-state index in [1.807, 2.05) is 11.0 Å². The molecule has 3 aromatic rings. The van der Waals surface area contributed by atoms with Gasteiger partial charge in [0.15, 0.2) is 11.6 Å². The highest BCUT2D eigenvalue weighted by molar-refractivity contribution is 5.93. The minimum Gasteiger partial charge on any atom is -0.393 e. The Hall–Kier alpha value is -2.65. The molecule has 4 rings (SSSR count). The molecule has 9 heteroatoms. The highest BCUT2D eigenvalue weighted by Gasteiger charge is 2.39. The molecule has 0 spiro atoms. The molecule has 148 valence electrons. The van der Waals surface area contributed by atoms with E-state index in [-0.39, 0.29) is 11.5 Å². The third-order valence-electron chi connectivity index (χ3n) is 5.12. The molecule has 2 unspecified atom stereocenters. The first kappa shape index (κ1) is 18.7. The molecule has 2 aromatic carbocycles. The Labute approximate surface area is 158 Å². The summed E-state index contributed by atoms with van der Waals surface area (Å²) >= 11 is 0. The lowest BCUT2D eigenvalue weighted by Gasteiger charge is -2.42. The Morgan fingerprint density at radius 2 is 1.86 bits per heavy atom. The summed E-state index contributed by atoms with van der Waals surface area (Å²) in [5, 5.41) is 27.0. The molecule has 0 radical (unpaired) electrons. The molecule has 1 aliphatic rings. The van der Waals surface area contributed by atoms with Crippen LogP contribution in [0.1, 0.15) is 18.6 Å². The Bertz CT molecular complexity index is 997. The maximum atomic E-state index is 12.9. The lowest BCUT2D eigenvalue weighted by atomic mass is 9.93. The molecule has 1 aliphatic heterocycles. The van der Waals surface area contributed by atoms with E-state index < -0.39 is 18.4 Å². The van der Waals surface area contributed by atoms with Crippen molar-refractivity contribution in [2.75, 3.05) is 18.0 Å². The summed E-state index contributed by atoms with van der Waals surface area (Å²) in [6.45, 7) is 3.01. The predicted octanol–water partition coefficient (Wildman–Crippen LogP) is 3.30. The van der Waals surface area contributed by atoms with E-state index in [9.17, 15) is 23.4 Å². The molecule has 1 aromatic heterocycles. The summed E-state index contributed by atoms with van der Waals surface area (Å²) in [7, 11) is 0. The van der Waals surface area contributed by atoms with Crippen molar-refractivity contribution in [2.24, 2.45) is 5.92 Å². The van der Waals surface area contributed by atoms with Crippen LogP contribution in [0, 0.1) is 5.92 Å². The van der Waals surface area contributed by atoms with Gasteiger partial charge in [-0.2, -0.15) is 13.2 Å². The van der Waals surface area contributed by atoms with Gasteiger partial charge in [0.25, 0.3) is 0 Å². The summed E-state index contributed by atoms with van der Waals surface area (Å²) in [6.07, 6.45) is -7.71. The van der Waals surface area contributed by atoms with Crippen LogP contribution >= 0.6 is 0 Å². The Kier molecular flexibility index (Phi) is 4.51. The number of halogens is 3. The maximum absolute atomic E-state index is 12.9. The second-order valence-electron chi connectivity index (χ2n) is 7.10. The SMILES string of the molecule is CC(O)C1CN(c2cc(-c3cccc(C(O)C(F)(F)F)c3)cc3nonc23)C1. The molecule has 2 heterocycles. The van der Waals surface area contributed by atoms with Crippen LogP contribution in [0.2, 0.25) is 0 Å². The number of anilines is 1. The van der Waals surface area contributed by atoms with E-state index in [4.69, 9.17) is 4.63 Å². The minimum absolute atomic E-state index is 0.142. The van der Waals surface area contributed by atoms with Crippen molar-refractivity contribution in [1.29, 1.82) is 0 Å². The van der Waals surface area contributed by atoms with Gasteiger partial charge < -0.3 is 15.1 Å². The molecule has 28 heavy (non-hydrogen) atoms. The molecule has 0 bridgehead atoms. The molecule has 2 N–H and O–H groups in total. The van der Waals surface area contributed by atoms with Crippen molar-refractivity contribution in [3.05, 3.63) is 42.0 Å². The van der Waals surface area contributed by atoms with Gasteiger partial charge in [-0.15, -0.1) is 0 Å². The Balaban J connectivity index is 1.72. The van der Waals surface area contributed by atoms with Crippen molar-refractivity contribution in [1.82, 2.24) is 10.3 Å². The van der Waals surface area contributed by atoms with Crippen LogP contribution < -0.4 is 4.90 Å². The molecule has 0 aliphatic carbocycles. The maximum Gasteiger partial charge on any atom is 0.418 e. The van der Waals surface area contributed by atoms with Gasteiger partial charge in [0.05, 0.1) is 11.8 Å². The number of hydrogen-bond acceptors (Lipinski definition) is 6. The highest BCUT2D eigenvalue weighted by atomic mass is 19.4. The topological polar surface area (TPSA) is 82.6 Å². The molecule has 0 saturated carbocycles. The molecule has 1 fully saturated rings. The van der Waals surface area contributed by atoms with Crippen LogP contribution in [0.3, 0.4) is 0 Å². The van der Waals surface area contributed by atoms with Crippen molar-refractivity contribution in [3.63, 3.8) is 0 Å². The van der Waals surface area contributed by atoms with Gasteiger partial charge in [-0.3, -0.25) is 0 Å². The number of nitrogens with zero attached hydrogens (tertiary/aromatic N) is 3. The van der Waals surface area contributed by atoms with Crippen molar-refractivity contribution >= 4 is 16.7 Å².